The van der Waals surface area contributed by atoms with Crippen molar-refractivity contribution < 1.29 is 0 Å². The van der Waals surface area contributed by atoms with Crippen molar-refractivity contribution in [2.75, 3.05) is 19.8 Å². The lowest BCUT2D eigenvalue weighted by Crippen LogP contribution is -2.20. The topological polar surface area (TPSA) is 24.4 Å². The van der Waals surface area contributed by atoms with Gasteiger partial charge in [0.15, 0.2) is 0 Å². The third kappa shape index (κ3) is 3.47. The van der Waals surface area contributed by atoms with Crippen molar-refractivity contribution in [3.8, 4) is 0 Å². The van der Waals surface area contributed by atoms with Crippen LogP contribution in [0.25, 0.3) is 0 Å². The van der Waals surface area contributed by atoms with Crippen LogP contribution in [0.3, 0.4) is 0 Å². The average molecular weight is 317 g/mol. The molecule has 0 aromatic heterocycles. The molecule has 2 aliphatic carbocycles. The molecular weight excluding hydrogens is 288 g/mol. The van der Waals surface area contributed by atoms with Gasteiger partial charge in [0.2, 0.25) is 0 Å². The minimum atomic E-state index is 0.620. The predicted molar refractivity (Wildman–Crippen MR) is 101 cm³/mol. The highest BCUT2D eigenvalue weighted by molar-refractivity contribution is 8.02. The lowest BCUT2D eigenvalue weighted by molar-refractivity contribution is 0.698. The Labute approximate surface area is 139 Å². The molecule has 0 saturated carbocycles. The summed E-state index contributed by atoms with van der Waals surface area (Å²) < 4.78 is 0. The van der Waals surface area contributed by atoms with Crippen LogP contribution in [-0.4, -0.2) is 26.1 Å². The van der Waals surface area contributed by atoms with Gasteiger partial charge in [-0.25, -0.2) is 0 Å². The molecule has 0 radical (unpaired) electrons. The number of allylic oxidation sites excluding steroid dienone is 5. The van der Waals surface area contributed by atoms with Gasteiger partial charge in [0, 0.05) is 18.3 Å². The SMILES string of the molecule is CC=NC1=C(C)CCC=C1C1=CCC(C)C(SC)=C1CNC. The Bertz CT molecular complexity index is 576. The van der Waals surface area contributed by atoms with E-state index in [0.717, 1.165) is 25.8 Å². The van der Waals surface area contributed by atoms with Crippen molar-refractivity contribution in [1.29, 1.82) is 0 Å². The number of rotatable bonds is 5. The molecule has 0 saturated heterocycles. The molecule has 2 nitrogen and oxygen atoms in total. The van der Waals surface area contributed by atoms with Crippen LogP contribution in [0.5, 0.6) is 0 Å². The monoisotopic (exact) mass is 316 g/mol. The van der Waals surface area contributed by atoms with Gasteiger partial charge in [0.05, 0.1) is 5.70 Å². The lowest BCUT2D eigenvalue weighted by atomic mass is 9.82. The van der Waals surface area contributed by atoms with E-state index in [9.17, 15) is 0 Å². The summed E-state index contributed by atoms with van der Waals surface area (Å²) in [7, 11) is 2.03. The molecule has 3 heteroatoms. The maximum atomic E-state index is 4.68. The second kappa shape index (κ2) is 7.98. The number of aliphatic imine (C=N–C) groups is 1. The minimum Gasteiger partial charge on any atom is -0.316 e. The van der Waals surface area contributed by atoms with Crippen molar-refractivity contribution >= 4 is 18.0 Å². The van der Waals surface area contributed by atoms with Crippen molar-refractivity contribution in [3.63, 3.8) is 0 Å². The van der Waals surface area contributed by atoms with E-state index in [1.54, 1.807) is 0 Å². The molecule has 0 heterocycles. The Morgan fingerprint density at radius 1 is 1.36 bits per heavy atom. The Kier molecular flexibility index (Phi) is 6.27. The molecule has 1 N–H and O–H groups in total. The van der Waals surface area contributed by atoms with Gasteiger partial charge in [-0.2, -0.15) is 0 Å². The zero-order valence-corrected chi connectivity index (χ0v) is 15.3. The van der Waals surface area contributed by atoms with Crippen molar-refractivity contribution in [1.82, 2.24) is 5.32 Å². The number of thioether (sulfide) groups is 1. The number of hydrogen-bond donors (Lipinski definition) is 1. The summed E-state index contributed by atoms with van der Waals surface area (Å²) in [6, 6.07) is 0. The smallest absolute Gasteiger partial charge is 0.0690 e. The van der Waals surface area contributed by atoms with E-state index in [2.05, 4.69) is 42.6 Å². The van der Waals surface area contributed by atoms with E-state index in [4.69, 9.17) is 0 Å². The first-order valence-corrected chi connectivity index (χ1v) is 9.38. The summed E-state index contributed by atoms with van der Waals surface area (Å²) in [4.78, 5) is 6.21. The Morgan fingerprint density at radius 2 is 2.14 bits per heavy atom. The van der Waals surface area contributed by atoms with Crippen LogP contribution in [0.2, 0.25) is 0 Å². The Balaban J connectivity index is 2.50. The van der Waals surface area contributed by atoms with E-state index in [0.29, 0.717) is 5.92 Å². The zero-order chi connectivity index (χ0) is 16.1. The fraction of sp³-hybridized carbons (Fsp3) is 0.526. The normalized spacial score (nSPS) is 23.2. The maximum absolute atomic E-state index is 4.68. The first-order chi connectivity index (χ1) is 10.6. The average Bonchev–Trinajstić information content (AvgIpc) is 2.51. The molecule has 0 spiro atoms. The number of nitrogens with one attached hydrogen (secondary N) is 1. The highest BCUT2D eigenvalue weighted by atomic mass is 32.2. The molecule has 1 atom stereocenters. The largest absolute Gasteiger partial charge is 0.316 e. The van der Waals surface area contributed by atoms with Crippen molar-refractivity contribution in [3.05, 3.63) is 45.0 Å². The molecule has 22 heavy (non-hydrogen) atoms. The molecule has 0 bridgehead atoms. The van der Waals surface area contributed by atoms with Crippen LogP contribution >= 0.6 is 11.8 Å². The zero-order valence-electron chi connectivity index (χ0n) is 14.5. The fourth-order valence-corrected chi connectivity index (χ4v) is 4.26. The molecule has 0 aliphatic heterocycles. The summed E-state index contributed by atoms with van der Waals surface area (Å²) in [6.45, 7) is 7.47. The summed E-state index contributed by atoms with van der Waals surface area (Å²) in [5, 5.41) is 3.36. The van der Waals surface area contributed by atoms with Crippen LogP contribution < -0.4 is 5.32 Å². The van der Waals surface area contributed by atoms with Crippen LogP contribution in [0, 0.1) is 5.92 Å². The van der Waals surface area contributed by atoms with Gasteiger partial charge in [0.25, 0.3) is 0 Å². The van der Waals surface area contributed by atoms with Gasteiger partial charge in [-0.05, 0) is 74.0 Å². The second-order valence-corrected chi connectivity index (χ2v) is 6.85. The molecule has 2 rings (SSSR count). The van der Waals surface area contributed by atoms with Gasteiger partial charge < -0.3 is 5.32 Å². The first-order valence-electron chi connectivity index (χ1n) is 8.15. The van der Waals surface area contributed by atoms with Gasteiger partial charge >= 0.3 is 0 Å². The molecule has 0 aromatic rings. The Morgan fingerprint density at radius 3 is 2.77 bits per heavy atom. The fourth-order valence-electron chi connectivity index (χ4n) is 3.34. The van der Waals surface area contributed by atoms with E-state index in [-0.39, 0.29) is 0 Å². The van der Waals surface area contributed by atoms with Gasteiger partial charge in [-0.15, -0.1) is 11.8 Å². The minimum absolute atomic E-state index is 0.620. The summed E-state index contributed by atoms with van der Waals surface area (Å²) in [5.74, 6) is 0.620. The van der Waals surface area contributed by atoms with Crippen LogP contribution in [0.1, 0.15) is 40.0 Å². The Hall–Kier alpha value is -1.06. The molecule has 2 aliphatic rings. The first kappa shape index (κ1) is 17.3. The quantitative estimate of drug-likeness (QED) is 0.731. The second-order valence-electron chi connectivity index (χ2n) is 6.00. The highest BCUT2D eigenvalue weighted by Gasteiger charge is 2.25. The van der Waals surface area contributed by atoms with E-state index in [1.165, 1.54) is 32.9 Å². The maximum Gasteiger partial charge on any atom is 0.0690 e. The lowest BCUT2D eigenvalue weighted by Gasteiger charge is -2.29. The predicted octanol–water partition coefficient (Wildman–Crippen LogP) is 4.87. The third-order valence-corrected chi connectivity index (χ3v) is 5.48. The number of hydrogen-bond acceptors (Lipinski definition) is 3. The standard InChI is InChI=1S/C19H28N2S/c1-6-21-18-13(2)8-7-9-16(18)15-11-10-14(3)19(22-5)17(15)12-20-4/h6,9,11,14,20H,7-8,10,12H2,1-5H3. The number of nitrogens with zero attached hydrogens (tertiary/aromatic N) is 1. The third-order valence-electron chi connectivity index (χ3n) is 4.39. The van der Waals surface area contributed by atoms with Crippen molar-refractivity contribution in [2.24, 2.45) is 10.9 Å². The van der Waals surface area contributed by atoms with Crippen molar-refractivity contribution in [2.45, 2.75) is 40.0 Å². The summed E-state index contributed by atoms with van der Waals surface area (Å²) in [6.07, 6.45) is 12.3. The van der Waals surface area contributed by atoms with E-state index < -0.39 is 0 Å². The van der Waals surface area contributed by atoms with E-state index >= 15 is 0 Å². The molecule has 0 fully saturated rings. The molecule has 0 amide bonds. The molecular formula is C19H28N2S. The van der Waals surface area contributed by atoms with Crippen LogP contribution in [0.4, 0.5) is 0 Å². The highest BCUT2D eigenvalue weighted by Crippen LogP contribution is 2.42. The van der Waals surface area contributed by atoms with Gasteiger partial charge in [0.1, 0.15) is 0 Å². The van der Waals surface area contributed by atoms with E-state index in [1.807, 2.05) is 31.9 Å². The van der Waals surface area contributed by atoms with Crippen LogP contribution in [-0.2, 0) is 0 Å². The summed E-state index contributed by atoms with van der Waals surface area (Å²) in [5.41, 5.74) is 6.79. The summed E-state index contributed by atoms with van der Waals surface area (Å²) >= 11 is 1.90. The van der Waals surface area contributed by atoms with Crippen LogP contribution in [0.15, 0.2) is 50.0 Å². The molecule has 120 valence electrons. The molecule has 1 unspecified atom stereocenters. The van der Waals surface area contributed by atoms with Gasteiger partial charge in [-0.3, -0.25) is 4.99 Å². The number of likely N-dealkylation sites (N-methyl/N-ethyl adjacent to an activating group) is 1. The molecule has 0 aromatic carbocycles. The van der Waals surface area contributed by atoms with Gasteiger partial charge in [-0.1, -0.05) is 19.1 Å².